The van der Waals surface area contributed by atoms with E-state index in [1.54, 1.807) is 12.4 Å². The zero-order chi connectivity index (χ0) is 20.2. The molecule has 1 saturated heterocycles. The number of aromatic amines is 1. The van der Waals surface area contributed by atoms with Crippen LogP contribution in [0.25, 0.3) is 11.1 Å². The van der Waals surface area contributed by atoms with Crippen molar-refractivity contribution < 1.29 is 4.79 Å². The van der Waals surface area contributed by atoms with E-state index in [0.717, 1.165) is 48.7 Å². The Morgan fingerprint density at radius 1 is 1.21 bits per heavy atom. The Hall–Kier alpha value is -3.36. The van der Waals surface area contributed by atoms with E-state index in [4.69, 9.17) is 4.98 Å². The van der Waals surface area contributed by atoms with Crippen molar-refractivity contribution in [3.8, 4) is 11.1 Å². The monoisotopic (exact) mass is 392 g/mol. The average Bonchev–Trinajstić information content (AvgIpc) is 3.30. The SMILES string of the molecule is CC(C)c1nc(N2CCC(NC(=O)c3cn[nH]n3)CC2)ncc1-c1ccncc1. The zero-order valence-corrected chi connectivity index (χ0v) is 16.5. The number of pyridine rings is 1. The second kappa shape index (κ2) is 8.34. The van der Waals surface area contributed by atoms with Crippen molar-refractivity contribution in [2.45, 2.75) is 38.6 Å². The second-order valence-electron chi connectivity index (χ2n) is 7.45. The summed E-state index contributed by atoms with van der Waals surface area (Å²) in [6.07, 6.45) is 8.56. The van der Waals surface area contributed by atoms with E-state index in [9.17, 15) is 4.79 Å². The predicted octanol–water partition coefficient (Wildman–Crippen LogP) is 2.18. The van der Waals surface area contributed by atoms with Gasteiger partial charge in [0.15, 0.2) is 5.69 Å². The Kier molecular flexibility index (Phi) is 5.46. The number of carbonyl (C=O) groups excluding carboxylic acids is 1. The molecule has 1 aliphatic rings. The van der Waals surface area contributed by atoms with Gasteiger partial charge in [0.05, 0.1) is 11.9 Å². The first-order valence-corrected chi connectivity index (χ1v) is 9.80. The molecule has 29 heavy (non-hydrogen) atoms. The lowest BCUT2D eigenvalue weighted by atomic mass is 10.00. The summed E-state index contributed by atoms with van der Waals surface area (Å²) in [5.41, 5.74) is 3.46. The van der Waals surface area contributed by atoms with E-state index >= 15 is 0 Å². The molecule has 2 N–H and O–H groups in total. The summed E-state index contributed by atoms with van der Waals surface area (Å²) < 4.78 is 0. The van der Waals surface area contributed by atoms with Gasteiger partial charge in [-0.05, 0) is 36.5 Å². The minimum absolute atomic E-state index is 0.108. The topological polar surface area (TPSA) is 113 Å². The number of nitrogens with one attached hydrogen (secondary N) is 2. The minimum Gasteiger partial charge on any atom is -0.348 e. The van der Waals surface area contributed by atoms with Crippen molar-refractivity contribution in [3.63, 3.8) is 0 Å². The van der Waals surface area contributed by atoms with Crippen LogP contribution in [0.15, 0.2) is 36.9 Å². The number of hydrogen-bond donors (Lipinski definition) is 2. The van der Waals surface area contributed by atoms with Gasteiger partial charge in [0.1, 0.15) is 0 Å². The highest BCUT2D eigenvalue weighted by Crippen LogP contribution is 2.29. The molecule has 0 aliphatic carbocycles. The average molecular weight is 392 g/mol. The molecule has 3 aromatic heterocycles. The van der Waals surface area contributed by atoms with Crippen molar-refractivity contribution >= 4 is 11.9 Å². The number of anilines is 1. The summed E-state index contributed by atoms with van der Waals surface area (Å²) in [7, 11) is 0. The molecule has 1 fully saturated rings. The molecular weight excluding hydrogens is 368 g/mol. The number of carbonyl (C=O) groups is 1. The molecule has 0 bridgehead atoms. The summed E-state index contributed by atoms with van der Waals surface area (Å²) >= 11 is 0. The van der Waals surface area contributed by atoms with Crippen LogP contribution in [-0.4, -0.2) is 55.4 Å². The third kappa shape index (κ3) is 4.23. The van der Waals surface area contributed by atoms with Gasteiger partial charge in [-0.1, -0.05) is 13.8 Å². The standard InChI is InChI=1S/C20H24N8O/c1-13(2)18-16(14-3-7-21-8-4-14)11-22-20(25-18)28-9-5-15(6-10-28)24-19(29)17-12-23-27-26-17/h3-4,7-8,11-13,15H,5-6,9-10H2,1-2H3,(H,24,29)(H,23,26,27). The molecule has 0 aromatic carbocycles. The van der Waals surface area contributed by atoms with Crippen LogP contribution in [0.2, 0.25) is 0 Å². The van der Waals surface area contributed by atoms with Crippen molar-refractivity contribution in [3.05, 3.63) is 48.3 Å². The zero-order valence-electron chi connectivity index (χ0n) is 16.5. The molecular formula is C20H24N8O. The van der Waals surface area contributed by atoms with Gasteiger partial charge < -0.3 is 10.2 Å². The number of piperidine rings is 1. The van der Waals surface area contributed by atoms with E-state index in [1.165, 1.54) is 6.20 Å². The third-order valence-electron chi connectivity index (χ3n) is 5.10. The van der Waals surface area contributed by atoms with Gasteiger partial charge in [-0.2, -0.15) is 15.4 Å². The molecule has 9 heteroatoms. The molecule has 4 rings (SSSR count). The number of amides is 1. The predicted molar refractivity (Wildman–Crippen MR) is 108 cm³/mol. The van der Waals surface area contributed by atoms with E-state index in [-0.39, 0.29) is 17.9 Å². The number of hydrogen-bond acceptors (Lipinski definition) is 7. The van der Waals surface area contributed by atoms with Crippen LogP contribution >= 0.6 is 0 Å². The molecule has 0 atom stereocenters. The summed E-state index contributed by atoms with van der Waals surface area (Å²) in [6.45, 7) is 5.86. The van der Waals surface area contributed by atoms with Gasteiger partial charge in [-0.25, -0.2) is 9.97 Å². The highest BCUT2D eigenvalue weighted by atomic mass is 16.2. The molecule has 0 spiro atoms. The Morgan fingerprint density at radius 3 is 2.62 bits per heavy atom. The lowest BCUT2D eigenvalue weighted by Crippen LogP contribution is -2.45. The molecule has 0 unspecified atom stereocenters. The van der Waals surface area contributed by atoms with Crippen LogP contribution in [0, 0.1) is 0 Å². The molecule has 150 valence electrons. The van der Waals surface area contributed by atoms with Gasteiger partial charge in [0, 0.05) is 43.3 Å². The number of rotatable bonds is 5. The van der Waals surface area contributed by atoms with E-state index in [2.05, 4.69) is 49.4 Å². The van der Waals surface area contributed by atoms with E-state index < -0.39 is 0 Å². The van der Waals surface area contributed by atoms with E-state index in [0.29, 0.717) is 5.69 Å². The summed E-state index contributed by atoms with van der Waals surface area (Å²) in [4.78, 5) is 27.9. The second-order valence-corrected chi connectivity index (χ2v) is 7.45. The summed E-state index contributed by atoms with van der Waals surface area (Å²) in [5.74, 6) is 0.823. The van der Waals surface area contributed by atoms with Gasteiger partial charge in [0.2, 0.25) is 5.95 Å². The van der Waals surface area contributed by atoms with Crippen LogP contribution in [0.4, 0.5) is 5.95 Å². The highest BCUT2D eigenvalue weighted by Gasteiger charge is 2.24. The third-order valence-corrected chi connectivity index (χ3v) is 5.10. The van der Waals surface area contributed by atoms with Crippen LogP contribution in [0.3, 0.4) is 0 Å². The first kappa shape index (κ1) is 19.0. The van der Waals surface area contributed by atoms with Gasteiger partial charge in [0.25, 0.3) is 5.91 Å². The van der Waals surface area contributed by atoms with Gasteiger partial charge >= 0.3 is 0 Å². The molecule has 4 heterocycles. The Bertz CT molecular complexity index is 950. The fourth-order valence-corrected chi connectivity index (χ4v) is 3.53. The maximum Gasteiger partial charge on any atom is 0.273 e. The molecule has 0 saturated carbocycles. The lowest BCUT2D eigenvalue weighted by Gasteiger charge is -2.32. The molecule has 1 amide bonds. The maximum atomic E-state index is 12.1. The Morgan fingerprint density at radius 2 is 1.97 bits per heavy atom. The van der Waals surface area contributed by atoms with Crippen LogP contribution in [-0.2, 0) is 0 Å². The van der Waals surface area contributed by atoms with Gasteiger partial charge in [-0.15, -0.1) is 0 Å². The minimum atomic E-state index is -0.197. The summed E-state index contributed by atoms with van der Waals surface area (Å²) in [6, 6.07) is 4.07. The number of H-pyrrole nitrogens is 1. The normalized spacial score (nSPS) is 14.9. The first-order chi connectivity index (χ1) is 14.1. The van der Waals surface area contributed by atoms with Gasteiger partial charge in [-0.3, -0.25) is 9.78 Å². The molecule has 0 radical (unpaired) electrons. The lowest BCUT2D eigenvalue weighted by molar-refractivity contribution is 0.0926. The Labute approximate surface area is 169 Å². The van der Waals surface area contributed by atoms with Crippen LogP contribution in [0.5, 0.6) is 0 Å². The van der Waals surface area contributed by atoms with Crippen molar-refractivity contribution in [2.24, 2.45) is 0 Å². The maximum absolute atomic E-state index is 12.1. The van der Waals surface area contributed by atoms with Crippen LogP contribution < -0.4 is 10.2 Å². The number of nitrogens with zero attached hydrogens (tertiary/aromatic N) is 6. The largest absolute Gasteiger partial charge is 0.348 e. The van der Waals surface area contributed by atoms with Crippen molar-refractivity contribution in [1.29, 1.82) is 0 Å². The highest BCUT2D eigenvalue weighted by molar-refractivity contribution is 5.92. The van der Waals surface area contributed by atoms with Crippen LogP contribution in [0.1, 0.15) is 48.8 Å². The molecule has 9 nitrogen and oxygen atoms in total. The Balaban J connectivity index is 1.44. The van der Waals surface area contributed by atoms with Crippen molar-refractivity contribution in [1.82, 2.24) is 35.7 Å². The number of aromatic nitrogens is 6. The fourth-order valence-electron chi connectivity index (χ4n) is 3.53. The van der Waals surface area contributed by atoms with Crippen molar-refractivity contribution in [2.75, 3.05) is 18.0 Å². The molecule has 3 aromatic rings. The molecule has 1 aliphatic heterocycles. The summed E-state index contributed by atoms with van der Waals surface area (Å²) in [5, 5.41) is 13.0. The van der Waals surface area contributed by atoms with E-state index in [1.807, 2.05) is 18.3 Å². The smallest absolute Gasteiger partial charge is 0.273 e. The first-order valence-electron chi connectivity index (χ1n) is 9.80. The fraction of sp³-hybridized carbons (Fsp3) is 0.400. The quantitative estimate of drug-likeness (QED) is 0.684.